The number of nitrogens with one attached hydrogen (secondary N) is 1. The molecule has 2 nitrogen and oxygen atoms in total. The van der Waals surface area contributed by atoms with Crippen molar-refractivity contribution in [2.75, 3.05) is 13.1 Å². The molecule has 0 bridgehead atoms. The van der Waals surface area contributed by atoms with E-state index in [1.807, 2.05) is 0 Å². The predicted molar refractivity (Wildman–Crippen MR) is 69.1 cm³/mol. The molecule has 0 amide bonds. The molecular formula is C13H15NOS. The summed E-state index contributed by atoms with van der Waals surface area (Å²) in [5.74, 6) is 0.190. The molecule has 0 atom stereocenters. The highest BCUT2D eigenvalue weighted by atomic mass is 32.1. The Hall–Kier alpha value is -1.19. The van der Waals surface area contributed by atoms with Crippen LogP contribution in [0.15, 0.2) is 29.6 Å². The Balaban J connectivity index is 1.97. The number of hydrogen-bond donors (Lipinski definition) is 1. The largest absolute Gasteiger partial charge is 0.310 e. The molecule has 3 heteroatoms. The van der Waals surface area contributed by atoms with Gasteiger partial charge in [0, 0.05) is 4.70 Å². The first-order valence-corrected chi connectivity index (χ1v) is 6.30. The zero-order chi connectivity index (χ0) is 11.4. The summed E-state index contributed by atoms with van der Waals surface area (Å²) in [4.78, 5) is 10.8. The van der Waals surface area contributed by atoms with Crippen molar-refractivity contribution in [1.82, 2.24) is 5.32 Å². The van der Waals surface area contributed by atoms with E-state index in [4.69, 9.17) is 0 Å². The van der Waals surface area contributed by atoms with Crippen molar-refractivity contribution < 1.29 is 4.79 Å². The Morgan fingerprint density at radius 3 is 3.00 bits per heavy atom. The van der Waals surface area contributed by atoms with E-state index in [-0.39, 0.29) is 5.78 Å². The first-order valence-electron chi connectivity index (χ1n) is 5.42. The smallest absolute Gasteiger partial charge is 0.143 e. The van der Waals surface area contributed by atoms with E-state index in [0.717, 1.165) is 13.0 Å². The van der Waals surface area contributed by atoms with E-state index in [2.05, 4.69) is 35.0 Å². The molecule has 0 aliphatic heterocycles. The highest BCUT2D eigenvalue weighted by Gasteiger charge is 2.02. The van der Waals surface area contributed by atoms with Gasteiger partial charge in [0.1, 0.15) is 5.78 Å². The number of hydrogen-bond acceptors (Lipinski definition) is 3. The first kappa shape index (κ1) is 11.3. The van der Waals surface area contributed by atoms with Crippen molar-refractivity contribution in [3.63, 3.8) is 0 Å². The van der Waals surface area contributed by atoms with E-state index in [9.17, 15) is 4.79 Å². The predicted octanol–water partition coefficient (Wildman–Crippen LogP) is 2.62. The molecule has 0 spiro atoms. The van der Waals surface area contributed by atoms with Crippen molar-refractivity contribution in [1.29, 1.82) is 0 Å². The van der Waals surface area contributed by atoms with Gasteiger partial charge in [0.15, 0.2) is 0 Å². The van der Waals surface area contributed by atoms with Gasteiger partial charge in [0.2, 0.25) is 0 Å². The topological polar surface area (TPSA) is 29.1 Å². The van der Waals surface area contributed by atoms with Gasteiger partial charge in [-0.1, -0.05) is 18.2 Å². The highest BCUT2D eigenvalue weighted by Crippen LogP contribution is 2.25. The lowest BCUT2D eigenvalue weighted by Crippen LogP contribution is -2.23. The number of Topliss-reactive ketones (excluding diaryl/α,β-unsaturated/α-hetero) is 1. The summed E-state index contributed by atoms with van der Waals surface area (Å²) < 4.78 is 1.34. The van der Waals surface area contributed by atoms with Crippen LogP contribution < -0.4 is 5.32 Å². The van der Waals surface area contributed by atoms with Crippen LogP contribution in [0.4, 0.5) is 0 Å². The minimum absolute atomic E-state index is 0.190. The van der Waals surface area contributed by atoms with Gasteiger partial charge in [-0.05, 0) is 42.3 Å². The molecule has 1 N–H and O–H groups in total. The third kappa shape index (κ3) is 2.68. The fourth-order valence-electron chi connectivity index (χ4n) is 1.71. The number of thiophene rings is 1. The van der Waals surface area contributed by atoms with E-state index in [1.54, 1.807) is 18.3 Å². The SMILES string of the molecule is CC(=O)CNCCc1csc2ccccc12. The lowest BCUT2D eigenvalue weighted by molar-refractivity contribution is -0.116. The normalized spacial score (nSPS) is 10.8. The average molecular weight is 233 g/mol. The maximum Gasteiger partial charge on any atom is 0.143 e. The van der Waals surface area contributed by atoms with Crippen molar-refractivity contribution >= 4 is 27.2 Å². The zero-order valence-electron chi connectivity index (χ0n) is 9.32. The fraction of sp³-hybridized carbons (Fsp3) is 0.308. The van der Waals surface area contributed by atoms with Gasteiger partial charge in [-0.3, -0.25) is 4.79 Å². The van der Waals surface area contributed by atoms with E-state index in [1.165, 1.54) is 15.6 Å². The number of carbonyl (C=O) groups excluding carboxylic acids is 1. The molecule has 0 saturated carbocycles. The van der Waals surface area contributed by atoms with Crippen molar-refractivity contribution in [2.45, 2.75) is 13.3 Å². The van der Waals surface area contributed by atoms with Crippen LogP contribution in [-0.2, 0) is 11.2 Å². The molecule has 0 aliphatic carbocycles. The van der Waals surface area contributed by atoms with Crippen molar-refractivity contribution in [3.05, 3.63) is 35.2 Å². The molecule has 2 aromatic rings. The maximum absolute atomic E-state index is 10.8. The van der Waals surface area contributed by atoms with Gasteiger partial charge in [-0.25, -0.2) is 0 Å². The number of fused-ring (bicyclic) bond motifs is 1. The van der Waals surface area contributed by atoms with Gasteiger partial charge in [-0.15, -0.1) is 11.3 Å². The second kappa shape index (κ2) is 5.23. The molecule has 1 heterocycles. The highest BCUT2D eigenvalue weighted by molar-refractivity contribution is 7.17. The first-order chi connectivity index (χ1) is 7.77. The van der Waals surface area contributed by atoms with E-state index in [0.29, 0.717) is 6.54 Å². The number of rotatable bonds is 5. The quantitative estimate of drug-likeness (QED) is 0.804. The monoisotopic (exact) mass is 233 g/mol. The molecule has 0 fully saturated rings. The summed E-state index contributed by atoms with van der Waals surface area (Å²) in [6.07, 6.45) is 0.983. The Morgan fingerprint density at radius 1 is 1.38 bits per heavy atom. The third-order valence-electron chi connectivity index (χ3n) is 2.51. The van der Waals surface area contributed by atoms with Crippen LogP contribution in [0, 0.1) is 0 Å². The Bertz CT molecular complexity index is 489. The van der Waals surface area contributed by atoms with Crippen LogP contribution in [0.5, 0.6) is 0 Å². The standard InChI is InChI=1S/C13H15NOS/c1-10(15)8-14-7-6-11-9-16-13-5-3-2-4-12(11)13/h2-5,9,14H,6-8H2,1H3. The van der Waals surface area contributed by atoms with Crippen LogP contribution in [0.1, 0.15) is 12.5 Å². The lowest BCUT2D eigenvalue weighted by atomic mass is 10.1. The molecule has 0 saturated heterocycles. The number of carbonyl (C=O) groups is 1. The molecule has 2 rings (SSSR count). The van der Waals surface area contributed by atoms with Gasteiger partial charge in [0.05, 0.1) is 6.54 Å². The summed E-state index contributed by atoms with van der Waals surface area (Å²) >= 11 is 1.78. The lowest BCUT2D eigenvalue weighted by Gasteiger charge is -2.01. The van der Waals surface area contributed by atoms with E-state index >= 15 is 0 Å². The van der Waals surface area contributed by atoms with Gasteiger partial charge < -0.3 is 5.32 Å². The van der Waals surface area contributed by atoms with Crippen LogP contribution in [0.2, 0.25) is 0 Å². The minimum Gasteiger partial charge on any atom is -0.310 e. The Kier molecular flexibility index (Phi) is 3.70. The molecule has 0 radical (unpaired) electrons. The van der Waals surface area contributed by atoms with Crippen LogP contribution in [-0.4, -0.2) is 18.9 Å². The molecular weight excluding hydrogens is 218 g/mol. The Morgan fingerprint density at radius 2 is 2.19 bits per heavy atom. The van der Waals surface area contributed by atoms with Crippen molar-refractivity contribution in [3.8, 4) is 0 Å². The minimum atomic E-state index is 0.190. The second-order valence-electron chi connectivity index (χ2n) is 3.89. The Labute approximate surface area is 99.3 Å². The van der Waals surface area contributed by atoms with Crippen molar-refractivity contribution in [2.24, 2.45) is 0 Å². The van der Waals surface area contributed by atoms with Gasteiger partial charge >= 0.3 is 0 Å². The van der Waals surface area contributed by atoms with Crippen LogP contribution >= 0.6 is 11.3 Å². The summed E-state index contributed by atoms with van der Waals surface area (Å²) in [7, 11) is 0. The molecule has 16 heavy (non-hydrogen) atoms. The summed E-state index contributed by atoms with van der Waals surface area (Å²) in [5, 5.41) is 6.70. The summed E-state index contributed by atoms with van der Waals surface area (Å²) in [6.45, 7) is 2.94. The van der Waals surface area contributed by atoms with Crippen LogP contribution in [0.25, 0.3) is 10.1 Å². The summed E-state index contributed by atoms with van der Waals surface area (Å²) in [6, 6.07) is 8.44. The van der Waals surface area contributed by atoms with Crippen LogP contribution in [0.3, 0.4) is 0 Å². The zero-order valence-corrected chi connectivity index (χ0v) is 10.1. The fourth-order valence-corrected chi connectivity index (χ4v) is 2.71. The summed E-state index contributed by atoms with van der Waals surface area (Å²) in [5.41, 5.74) is 1.37. The van der Waals surface area contributed by atoms with E-state index < -0.39 is 0 Å². The molecule has 0 unspecified atom stereocenters. The molecule has 84 valence electrons. The molecule has 1 aromatic carbocycles. The maximum atomic E-state index is 10.8. The molecule has 1 aromatic heterocycles. The van der Waals surface area contributed by atoms with Gasteiger partial charge in [0.25, 0.3) is 0 Å². The van der Waals surface area contributed by atoms with Gasteiger partial charge in [-0.2, -0.15) is 0 Å². The average Bonchev–Trinajstić information content (AvgIpc) is 2.68. The second-order valence-corrected chi connectivity index (χ2v) is 4.80. The number of ketones is 1. The third-order valence-corrected chi connectivity index (χ3v) is 3.52. The molecule has 0 aliphatic rings. The number of benzene rings is 1.